The SMILES string of the molecule is CC1CCC2C1C(OC(=O)/C=C/C1CCCCC1)C1(P)CC(O)C2(C)O1. The number of carbonyl (C=O) groups is 1. The summed E-state index contributed by atoms with van der Waals surface area (Å²) in [4.78, 5) is 12.6. The van der Waals surface area contributed by atoms with Gasteiger partial charge in [0.15, 0.2) is 0 Å². The normalized spacial score (nSPS) is 48.7. The molecule has 2 saturated heterocycles. The first kappa shape index (κ1) is 18.9. The summed E-state index contributed by atoms with van der Waals surface area (Å²) in [7, 11) is 2.77. The van der Waals surface area contributed by atoms with E-state index in [1.165, 1.54) is 32.1 Å². The molecule has 146 valence electrons. The smallest absolute Gasteiger partial charge is 0.330 e. The van der Waals surface area contributed by atoms with Crippen molar-refractivity contribution >= 4 is 15.2 Å². The molecular formula is C21H33O4P. The summed E-state index contributed by atoms with van der Waals surface area (Å²) < 4.78 is 12.4. The highest BCUT2D eigenvalue weighted by atomic mass is 31.0. The summed E-state index contributed by atoms with van der Waals surface area (Å²) in [6.45, 7) is 4.29. The molecule has 2 bridgehead atoms. The minimum atomic E-state index is -0.664. The predicted octanol–water partition coefficient (Wildman–Crippen LogP) is 3.82. The maximum absolute atomic E-state index is 12.6. The second-order valence-electron chi connectivity index (χ2n) is 9.31. The van der Waals surface area contributed by atoms with E-state index in [0.29, 0.717) is 18.3 Å². The van der Waals surface area contributed by atoms with Crippen LogP contribution < -0.4 is 0 Å². The third-order valence-electron chi connectivity index (χ3n) is 7.60. The van der Waals surface area contributed by atoms with Gasteiger partial charge in [-0.3, -0.25) is 0 Å². The van der Waals surface area contributed by atoms with E-state index in [-0.39, 0.29) is 23.9 Å². The molecule has 4 aliphatic rings. The highest BCUT2D eigenvalue weighted by molar-refractivity contribution is 7.18. The molecule has 4 fully saturated rings. The Balaban J connectivity index is 1.51. The van der Waals surface area contributed by atoms with Gasteiger partial charge in [-0.1, -0.05) is 41.5 Å². The maximum Gasteiger partial charge on any atom is 0.330 e. The van der Waals surface area contributed by atoms with Crippen LogP contribution in [0.5, 0.6) is 0 Å². The lowest BCUT2D eigenvalue weighted by Gasteiger charge is -2.50. The lowest BCUT2D eigenvalue weighted by atomic mass is 9.74. The minimum absolute atomic E-state index is 0.254. The number of ether oxygens (including phenoxy) is 2. The number of allylic oxidation sites excluding steroid dienone is 1. The molecule has 0 spiro atoms. The largest absolute Gasteiger partial charge is 0.455 e. The molecule has 26 heavy (non-hydrogen) atoms. The van der Waals surface area contributed by atoms with Crippen molar-refractivity contribution in [2.24, 2.45) is 23.7 Å². The number of rotatable bonds is 3. The van der Waals surface area contributed by atoms with Crippen LogP contribution in [0.1, 0.15) is 65.2 Å². The van der Waals surface area contributed by atoms with Gasteiger partial charge >= 0.3 is 5.97 Å². The molecule has 1 N–H and O–H groups in total. The highest BCUT2D eigenvalue weighted by Crippen LogP contribution is 2.62. The van der Waals surface area contributed by atoms with Crippen LogP contribution in [0.4, 0.5) is 0 Å². The van der Waals surface area contributed by atoms with Crippen LogP contribution in [0.25, 0.3) is 0 Å². The number of carbonyl (C=O) groups excluding carboxylic acids is 1. The van der Waals surface area contributed by atoms with Crippen molar-refractivity contribution in [3.63, 3.8) is 0 Å². The zero-order chi connectivity index (χ0) is 18.5. The zero-order valence-electron chi connectivity index (χ0n) is 16.0. The molecule has 0 radical (unpaired) electrons. The van der Waals surface area contributed by atoms with Crippen LogP contribution in [0.3, 0.4) is 0 Å². The van der Waals surface area contributed by atoms with E-state index in [2.05, 4.69) is 16.2 Å². The van der Waals surface area contributed by atoms with E-state index in [1.54, 1.807) is 6.08 Å². The fourth-order valence-electron chi connectivity index (χ4n) is 6.13. The third kappa shape index (κ3) is 3.06. The number of esters is 1. The van der Waals surface area contributed by atoms with E-state index in [9.17, 15) is 9.90 Å². The zero-order valence-corrected chi connectivity index (χ0v) is 17.2. The van der Waals surface area contributed by atoms with Crippen molar-refractivity contribution in [1.29, 1.82) is 0 Å². The van der Waals surface area contributed by atoms with Crippen LogP contribution in [0.2, 0.25) is 0 Å². The Bertz CT molecular complexity index is 587. The maximum atomic E-state index is 12.6. The number of hydrogen-bond acceptors (Lipinski definition) is 4. The Morgan fingerprint density at radius 2 is 1.96 bits per heavy atom. The van der Waals surface area contributed by atoms with Gasteiger partial charge in [-0.05, 0) is 50.4 Å². The summed E-state index contributed by atoms with van der Waals surface area (Å²) in [5.41, 5.74) is -0.516. The monoisotopic (exact) mass is 380 g/mol. The number of aliphatic hydroxyl groups excluding tert-OH is 1. The van der Waals surface area contributed by atoms with Crippen molar-refractivity contribution in [2.45, 2.75) is 88.4 Å². The molecule has 2 aliphatic carbocycles. The molecular weight excluding hydrogens is 347 g/mol. The van der Waals surface area contributed by atoms with E-state index >= 15 is 0 Å². The Morgan fingerprint density at radius 1 is 1.23 bits per heavy atom. The topological polar surface area (TPSA) is 55.8 Å². The lowest BCUT2D eigenvalue weighted by molar-refractivity contribution is -0.222. The van der Waals surface area contributed by atoms with Gasteiger partial charge in [0.05, 0.1) is 11.7 Å². The van der Waals surface area contributed by atoms with Gasteiger partial charge in [0.1, 0.15) is 11.4 Å². The summed E-state index contributed by atoms with van der Waals surface area (Å²) >= 11 is 0. The number of aliphatic hydroxyl groups is 1. The van der Waals surface area contributed by atoms with E-state index in [0.717, 1.165) is 12.8 Å². The van der Waals surface area contributed by atoms with Crippen molar-refractivity contribution in [3.8, 4) is 0 Å². The van der Waals surface area contributed by atoms with Gasteiger partial charge in [-0.25, -0.2) is 4.79 Å². The van der Waals surface area contributed by atoms with Crippen LogP contribution in [-0.4, -0.2) is 34.2 Å². The van der Waals surface area contributed by atoms with E-state index < -0.39 is 17.0 Å². The summed E-state index contributed by atoms with van der Waals surface area (Å²) in [5, 5.41) is 10.0. The molecule has 2 heterocycles. The first-order chi connectivity index (χ1) is 12.3. The Kier molecular flexibility index (Phi) is 4.99. The second-order valence-corrected chi connectivity index (χ2v) is 10.3. The third-order valence-corrected chi connectivity index (χ3v) is 8.29. The van der Waals surface area contributed by atoms with Gasteiger partial charge in [0.25, 0.3) is 0 Å². The van der Waals surface area contributed by atoms with Crippen LogP contribution >= 0.6 is 9.24 Å². The van der Waals surface area contributed by atoms with Gasteiger partial charge < -0.3 is 14.6 Å². The predicted molar refractivity (Wildman–Crippen MR) is 104 cm³/mol. The molecule has 4 rings (SSSR count). The van der Waals surface area contributed by atoms with E-state index in [4.69, 9.17) is 9.47 Å². The summed E-state index contributed by atoms with van der Waals surface area (Å²) in [6, 6.07) is 0. The fraction of sp³-hybridized carbons (Fsp3) is 0.857. The number of fused-ring (bicyclic) bond motifs is 4. The Hall–Kier alpha value is -0.440. The quantitative estimate of drug-likeness (QED) is 0.459. The highest BCUT2D eigenvalue weighted by Gasteiger charge is 2.68. The molecule has 0 aromatic rings. The lowest BCUT2D eigenvalue weighted by Crippen LogP contribution is -2.58. The molecule has 0 aromatic carbocycles. The average molecular weight is 380 g/mol. The second kappa shape index (κ2) is 6.87. The summed E-state index contributed by atoms with van der Waals surface area (Å²) in [6.07, 6.45) is 11.7. The molecule has 5 heteroatoms. The minimum Gasteiger partial charge on any atom is -0.455 e. The number of hydrogen-bond donors (Lipinski definition) is 1. The average Bonchev–Trinajstić information content (AvgIpc) is 3.08. The molecule has 4 nitrogen and oxygen atoms in total. The molecule has 2 aliphatic heterocycles. The first-order valence-corrected chi connectivity index (χ1v) is 11.0. The molecule has 2 saturated carbocycles. The van der Waals surface area contributed by atoms with Crippen molar-refractivity contribution in [1.82, 2.24) is 0 Å². The van der Waals surface area contributed by atoms with E-state index in [1.807, 2.05) is 13.0 Å². The first-order valence-electron chi connectivity index (χ1n) is 10.4. The van der Waals surface area contributed by atoms with Gasteiger partial charge in [0, 0.05) is 18.4 Å². The molecule has 0 aromatic heterocycles. The van der Waals surface area contributed by atoms with Crippen molar-refractivity contribution in [3.05, 3.63) is 12.2 Å². The van der Waals surface area contributed by atoms with Gasteiger partial charge in [-0.2, -0.15) is 0 Å². The van der Waals surface area contributed by atoms with Crippen LogP contribution in [0.15, 0.2) is 12.2 Å². The fourth-order valence-corrected chi connectivity index (χ4v) is 6.90. The van der Waals surface area contributed by atoms with Crippen LogP contribution in [0, 0.1) is 23.7 Å². The standard InChI is InChI=1S/C21H33O4P/c1-13-8-10-15-18(13)19(21(26)12-16(22)20(15,2)25-21)24-17(23)11-9-14-6-4-3-5-7-14/h9,11,13-16,18-19,22H,3-8,10,12,26H2,1-2H3/b11-9+. The Labute approximate surface area is 159 Å². The molecule has 0 amide bonds. The molecule has 8 unspecified atom stereocenters. The van der Waals surface area contributed by atoms with Crippen molar-refractivity contribution in [2.75, 3.05) is 0 Å². The van der Waals surface area contributed by atoms with Gasteiger partial charge in [-0.15, -0.1) is 0 Å². The van der Waals surface area contributed by atoms with Crippen LogP contribution in [-0.2, 0) is 14.3 Å². The van der Waals surface area contributed by atoms with Gasteiger partial charge in [0.2, 0.25) is 0 Å². The molecule has 8 atom stereocenters. The Morgan fingerprint density at radius 3 is 2.69 bits per heavy atom. The summed E-state index contributed by atoms with van der Waals surface area (Å²) in [5.74, 6) is 1.25. The van der Waals surface area contributed by atoms with Crippen molar-refractivity contribution < 1.29 is 19.4 Å².